The summed E-state index contributed by atoms with van der Waals surface area (Å²) in [6, 6.07) is 5.42. The molecule has 1 aliphatic carbocycles. The number of carbonyl (C=O) groups is 3. The van der Waals surface area contributed by atoms with Crippen LogP contribution >= 0.6 is 0 Å². The molecule has 1 aromatic rings. The Balaban J connectivity index is 1.73. The predicted molar refractivity (Wildman–Crippen MR) is 94.8 cm³/mol. The molecule has 0 radical (unpaired) electrons. The fourth-order valence-electron chi connectivity index (χ4n) is 2.82. The molecule has 2 rings (SSSR count). The predicted octanol–water partition coefficient (Wildman–Crippen LogP) is 2.65. The third-order valence-electron chi connectivity index (χ3n) is 4.31. The quantitative estimate of drug-likeness (QED) is 0.624. The van der Waals surface area contributed by atoms with E-state index in [1.807, 2.05) is 0 Å². The molecule has 7 heteroatoms. The first-order valence-corrected chi connectivity index (χ1v) is 8.63. The fourth-order valence-corrected chi connectivity index (χ4v) is 2.82. The molecule has 0 aromatic heterocycles. The Bertz CT molecular complexity index is 667. The molecule has 0 atom stereocenters. The third-order valence-corrected chi connectivity index (χ3v) is 4.31. The maximum atomic E-state index is 12.8. The summed E-state index contributed by atoms with van der Waals surface area (Å²) in [5.41, 5.74) is 0.396. The highest BCUT2D eigenvalue weighted by Crippen LogP contribution is 2.21. The smallest absolute Gasteiger partial charge is 0.331 e. The van der Waals surface area contributed by atoms with Crippen molar-refractivity contribution in [2.75, 3.05) is 19.0 Å². The van der Waals surface area contributed by atoms with Crippen LogP contribution in [0.1, 0.15) is 32.1 Å². The number of nitrogens with zero attached hydrogens (tertiary/aromatic N) is 1. The first-order valence-electron chi connectivity index (χ1n) is 8.63. The van der Waals surface area contributed by atoms with Crippen LogP contribution in [0.15, 0.2) is 36.4 Å². The molecule has 6 nitrogen and oxygen atoms in total. The minimum atomic E-state index is -0.773. The molecule has 1 aliphatic rings. The van der Waals surface area contributed by atoms with Crippen molar-refractivity contribution in [3.63, 3.8) is 0 Å². The first-order chi connectivity index (χ1) is 12.5. The average molecular weight is 362 g/mol. The van der Waals surface area contributed by atoms with Gasteiger partial charge in [0.15, 0.2) is 6.61 Å². The number of hydrogen-bond acceptors (Lipinski definition) is 4. The Labute approximate surface area is 152 Å². The first kappa shape index (κ1) is 19.6. The number of likely N-dealkylation sites (N-methyl/N-ethyl adjacent to an activating group) is 1. The Hall–Kier alpha value is -2.70. The van der Waals surface area contributed by atoms with Crippen molar-refractivity contribution >= 4 is 23.5 Å². The monoisotopic (exact) mass is 362 g/mol. The number of hydrogen-bond donors (Lipinski definition) is 1. The van der Waals surface area contributed by atoms with Crippen LogP contribution < -0.4 is 5.32 Å². The lowest BCUT2D eigenvalue weighted by Gasteiger charge is -2.30. The molecule has 0 aliphatic heterocycles. The van der Waals surface area contributed by atoms with Crippen molar-refractivity contribution in [2.45, 2.75) is 38.1 Å². The van der Waals surface area contributed by atoms with Crippen LogP contribution in [0.2, 0.25) is 0 Å². The number of benzene rings is 1. The lowest BCUT2D eigenvalue weighted by atomic mass is 9.94. The molecule has 1 fully saturated rings. The van der Waals surface area contributed by atoms with Gasteiger partial charge >= 0.3 is 5.97 Å². The van der Waals surface area contributed by atoms with Crippen molar-refractivity contribution in [2.24, 2.45) is 0 Å². The molecule has 0 heterocycles. The topological polar surface area (TPSA) is 75.7 Å². The van der Waals surface area contributed by atoms with Gasteiger partial charge in [-0.1, -0.05) is 19.3 Å². The maximum Gasteiger partial charge on any atom is 0.331 e. The highest BCUT2D eigenvalue weighted by atomic mass is 19.1. The molecule has 140 valence electrons. The minimum Gasteiger partial charge on any atom is -0.452 e. The van der Waals surface area contributed by atoms with E-state index in [0.717, 1.165) is 37.8 Å². The van der Waals surface area contributed by atoms with Gasteiger partial charge in [-0.3, -0.25) is 9.59 Å². The Kier molecular flexibility index (Phi) is 7.32. The summed E-state index contributed by atoms with van der Waals surface area (Å²) in [6.07, 6.45) is 7.55. The lowest BCUT2D eigenvalue weighted by Crippen LogP contribution is -2.37. The van der Waals surface area contributed by atoms with Crippen molar-refractivity contribution in [1.29, 1.82) is 0 Å². The summed E-state index contributed by atoms with van der Waals surface area (Å²) in [5, 5.41) is 2.47. The molecule has 1 aromatic carbocycles. The molecule has 0 saturated heterocycles. The van der Waals surface area contributed by atoms with E-state index in [0.29, 0.717) is 5.69 Å². The van der Waals surface area contributed by atoms with Gasteiger partial charge in [0.25, 0.3) is 5.91 Å². The second kappa shape index (κ2) is 9.70. The summed E-state index contributed by atoms with van der Waals surface area (Å²) in [7, 11) is 1.73. The van der Waals surface area contributed by atoms with Gasteiger partial charge in [0.05, 0.1) is 0 Å². The summed E-state index contributed by atoms with van der Waals surface area (Å²) in [6.45, 7) is -0.493. The zero-order valence-corrected chi connectivity index (χ0v) is 14.7. The lowest BCUT2D eigenvalue weighted by molar-refractivity contribution is -0.142. The number of halogens is 1. The van der Waals surface area contributed by atoms with E-state index < -0.39 is 24.3 Å². The fraction of sp³-hybridized carbons (Fsp3) is 0.421. The maximum absolute atomic E-state index is 12.8. The van der Waals surface area contributed by atoms with E-state index in [-0.39, 0.29) is 11.9 Å². The van der Waals surface area contributed by atoms with E-state index >= 15 is 0 Å². The van der Waals surface area contributed by atoms with Crippen molar-refractivity contribution in [3.05, 3.63) is 42.2 Å². The number of rotatable bonds is 6. The SMILES string of the molecule is CN(C(=O)/C=C/C(=O)OCC(=O)Nc1ccc(F)cc1)C1CCCCC1. The van der Waals surface area contributed by atoms with Crippen molar-refractivity contribution < 1.29 is 23.5 Å². The highest BCUT2D eigenvalue weighted by molar-refractivity contribution is 5.96. The molecular formula is C19H23FN2O4. The van der Waals surface area contributed by atoms with Gasteiger partial charge in [0, 0.05) is 30.9 Å². The standard InChI is InChI=1S/C19H23FN2O4/c1-22(16-5-3-2-4-6-16)18(24)11-12-19(25)26-13-17(23)21-15-9-7-14(20)8-10-15/h7-12,16H,2-6,13H2,1H3,(H,21,23)/b12-11+. The Morgan fingerprint density at radius 3 is 2.46 bits per heavy atom. The second-order valence-corrected chi connectivity index (χ2v) is 6.24. The van der Waals surface area contributed by atoms with Crippen LogP contribution in [0.3, 0.4) is 0 Å². The molecule has 0 unspecified atom stereocenters. The minimum absolute atomic E-state index is 0.207. The number of carbonyl (C=O) groups excluding carboxylic acids is 3. The van der Waals surface area contributed by atoms with Crippen LogP contribution in [0.4, 0.5) is 10.1 Å². The number of ether oxygens (including phenoxy) is 1. The second-order valence-electron chi connectivity index (χ2n) is 6.24. The van der Waals surface area contributed by atoms with Crippen molar-refractivity contribution in [3.8, 4) is 0 Å². The van der Waals surface area contributed by atoms with Gasteiger partial charge in [-0.05, 0) is 37.1 Å². The summed E-state index contributed by atoms with van der Waals surface area (Å²) in [5.74, 6) is -2.00. The van der Waals surface area contributed by atoms with E-state index in [4.69, 9.17) is 4.74 Å². The summed E-state index contributed by atoms with van der Waals surface area (Å²) < 4.78 is 17.6. The molecule has 0 bridgehead atoms. The number of nitrogens with one attached hydrogen (secondary N) is 1. The van der Waals surface area contributed by atoms with Gasteiger partial charge in [-0.15, -0.1) is 0 Å². The van der Waals surface area contributed by atoms with Gasteiger partial charge in [0.1, 0.15) is 5.82 Å². The highest BCUT2D eigenvalue weighted by Gasteiger charge is 2.20. The third kappa shape index (κ3) is 6.31. The van der Waals surface area contributed by atoms with Crippen LogP contribution in [0.5, 0.6) is 0 Å². The van der Waals surface area contributed by atoms with E-state index in [2.05, 4.69) is 5.32 Å². The zero-order valence-electron chi connectivity index (χ0n) is 14.7. The Morgan fingerprint density at radius 1 is 1.15 bits per heavy atom. The number of esters is 1. The van der Waals surface area contributed by atoms with Crippen molar-refractivity contribution in [1.82, 2.24) is 4.90 Å². The zero-order chi connectivity index (χ0) is 18.9. The van der Waals surface area contributed by atoms with Gasteiger partial charge in [-0.25, -0.2) is 9.18 Å². The van der Waals surface area contributed by atoms with E-state index in [9.17, 15) is 18.8 Å². The molecule has 1 N–H and O–H groups in total. The normalized spacial score (nSPS) is 14.8. The molecular weight excluding hydrogens is 339 g/mol. The van der Waals surface area contributed by atoms with E-state index in [1.54, 1.807) is 11.9 Å². The molecule has 2 amide bonds. The summed E-state index contributed by atoms with van der Waals surface area (Å²) >= 11 is 0. The van der Waals surface area contributed by atoms with Crippen LogP contribution in [0, 0.1) is 5.82 Å². The van der Waals surface area contributed by atoms with Gasteiger partial charge < -0.3 is 15.0 Å². The number of anilines is 1. The molecule has 26 heavy (non-hydrogen) atoms. The van der Waals surface area contributed by atoms with Crippen LogP contribution in [-0.2, 0) is 19.1 Å². The molecule has 0 spiro atoms. The van der Waals surface area contributed by atoms with Gasteiger partial charge in [0.2, 0.25) is 5.91 Å². The largest absolute Gasteiger partial charge is 0.452 e. The van der Waals surface area contributed by atoms with E-state index in [1.165, 1.54) is 30.7 Å². The molecule has 1 saturated carbocycles. The van der Waals surface area contributed by atoms with Crippen LogP contribution in [-0.4, -0.2) is 42.4 Å². The summed E-state index contributed by atoms with van der Waals surface area (Å²) in [4.78, 5) is 37.0. The van der Waals surface area contributed by atoms with Crippen LogP contribution in [0.25, 0.3) is 0 Å². The Morgan fingerprint density at radius 2 is 1.81 bits per heavy atom. The van der Waals surface area contributed by atoms with Gasteiger partial charge in [-0.2, -0.15) is 0 Å². The average Bonchev–Trinajstić information content (AvgIpc) is 2.66. The number of amides is 2.